The smallest absolute Gasteiger partial charge is 0.159 e. The predicted octanol–water partition coefficient (Wildman–Crippen LogP) is 5.17. The van der Waals surface area contributed by atoms with Crippen LogP contribution in [0, 0.1) is 5.82 Å². The van der Waals surface area contributed by atoms with Gasteiger partial charge < -0.3 is 9.72 Å². The highest BCUT2D eigenvalue weighted by atomic mass is 19.1. The summed E-state index contributed by atoms with van der Waals surface area (Å²) in [6, 6.07) is 12.6. The fourth-order valence-electron chi connectivity index (χ4n) is 5.12. The van der Waals surface area contributed by atoms with Crippen LogP contribution in [0.3, 0.4) is 0 Å². The van der Waals surface area contributed by atoms with Crippen LogP contribution in [0.15, 0.2) is 61.1 Å². The maximum absolute atomic E-state index is 14.7. The number of halogens is 1. The number of aromatic amines is 3. The molecule has 0 amide bonds. The minimum absolute atomic E-state index is 0.344. The minimum Gasteiger partial charge on any atom is -0.492 e. The normalized spacial score (nSPS) is 14.1. The summed E-state index contributed by atoms with van der Waals surface area (Å²) in [4.78, 5) is 15.2. The Bertz CT molecular complexity index is 1730. The van der Waals surface area contributed by atoms with Gasteiger partial charge in [0.05, 0.1) is 34.6 Å². The zero-order valence-electron chi connectivity index (χ0n) is 20.5. The Hall–Kier alpha value is -4.57. The Morgan fingerprint density at radius 1 is 1.00 bits per heavy atom. The maximum atomic E-state index is 14.7. The van der Waals surface area contributed by atoms with E-state index in [1.165, 1.54) is 25.0 Å². The molecule has 0 unspecified atom stereocenters. The van der Waals surface area contributed by atoms with E-state index in [0.29, 0.717) is 29.4 Å². The first-order valence-corrected chi connectivity index (χ1v) is 12.7. The van der Waals surface area contributed by atoms with Crippen LogP contribution in [0.2, 0.25) is 0 Å². The van der Waals surface area contributed by atoms with Gasteiger partial charge in [0.1, 0.15) is 23.9 Å². The van der Waals surface area contributed by atoms with Crippen molar-refractivity contribution < 1.29 is 9.13 Å². The SMILES string of the molecule is Fc1cc(OCCN2CCCC2)cc(-c2cccc3[nH]c(-c4n[nH]c5cnc(-c6cn[nH]c6)cc45)nc23)c1. The lowest BCUT2D eigenvalue weighted by Crippen LogP contribution is -2.25. The van der Waals surface area contributed by atoms with E-state index in [9.17, 15) is 4.39 Å². The molecule has 7 rings (SSSR count). The summed E-state index contributed by atoms with van der Waals surface area (Å²) in [5.74, 6) is 0.787. The molecule has 0 aliphatic carbocycles. The Kier molecular flexibility index (Phi) is 5.58. The number of aromatic nitrogens is 7. The summed E-state index contributed by atoms with van der Waals surface area (Å²) in [6.07, 6.45) is 7.74. The van der Waals surface area contributed by atoms with Crippen molar-refractivity contribution in [3.8, 4) is 39.7 Å². The van der Waals surface area contributed by atoms with Gasteiger partial charge in [-0.25, -0.2) is 9.37 Å². The number of hydrogen-bond donors (Lipinski definition) is 3. The molecule has 1 aliphatic rings. The van der Waals surface area contributed by atoms with Gasteiger partial charge in [-0.2, -0.15) is 10.2 Å². The van der Waals surface area contributed by atoms with Crippen molar-refractivity contribution in [1.29, 1.82) is 0 Å². The topological polar surface area (TPSA) is 111 Å². The predicted molar refractivity (Wildman–Crippen MR) is 143 cm³/mol. The molecule has 5 heterocycles. The number of ether oxygens (including phenoxy) is 1. The van der Waals surface area contributed by atoms with Gasteiger partial charge in [-0.3, -0.25) is 20.1 Å². The van der Waals surface area contributed by atoms with E-state index < -0.39 is 0 Å². The van der Waals surface area contributed by atoms with Gasteiger partial charge in [-0.15, -0.1) is 0 Å². The number of rotatable bonds is 7. The molecule has 0 bridgehead atoms. The summed E-state index contributed by atoms with van der Waals surface area (Å²) in [6.45, 7) is 3.59. The van der Waals surface area contributed by atoms with Gasteiger partial charge in [0.15, 0.2) is 5.82 Å². The van der Waals surface area contributed by atoms with Crippen molar-refractivity contribution in [2.75, 3.05) is 26.2 Å². The average Bonchev–Trinajstić information content (AvgIpc) is 3.73. The fourth-order valence-corrected chi connectivity index (χ4v) is 5.12. The zero-order valence-corrected chi connectivity index (χ0v) is 20.5. The summed E-state index contributed by atoms with van der Waals surface area (Å²) in [5, 5.41) is 15.3. The first-order valence-electron chi connectivity index (χ1n) is 12.7. The number of para-hydroxylation sites is 1. The second kappa shape index (κ2) is 9.38. The van der Waals surface area contributed by atoms with Gasteiger partial charge >= 0.3 is 0 Å². The van der Waals surface area contributed by atoms with Crippen LogP contribution in [0.1, 0.15) is 12.8 Å². The number of hydrogen-bond acceptors (Lipinski definition) is 6. The third-order valence-corrected chi connectivity index (χ3v) is 7.04. The van der Waals surface area contributed by atoms with E-state index in [1.54, 1.807) is 18.6 Å². The molecule has 10 heteroatoms. The zero-order chi connectivity index (χ0) is 25.5. The first kappa shape index (κ1) is 22.6. The second-order valence-corrected chi connectivity index (χ2v) is 9.53. The number of benzene rings is 2. The number of nitrogens with one attached hydrogen (secondary N) is 3. The molecule has 0 spiro atoms. The van der Waals surface area contributed by atoms with Gasteiger partial charge in [0.25, 0.3) is 0 Å². The highest BCUT2D eigenvalue weighted by Crippen LogP contribution is 2.34. The molecule has 190 valence electrons. The lowest BCUT2D eigenvalue weighted by atomic mass is 10.0. The summed E-state index contributed by atoms with van der Waals surface area (Å²) in [5.41, 5.74) is 6.24. The molecule has 38 heavy (non-hydrogen) atoms. The van der Waals surface area contributed by atoms with Crippen molar-refractivity contribution in [2.45, 2.75) is 12.8 Å². The first-order chi connectivity index (χ1) is 18.7. The summed E-state index contributed by atoms with van der Waals surface area (Å²) >= 11 is 0. The Labute approximate surface area is 217 Å². The van der Waals surface area contributed by atoms with E-state index in [0.717, 1.165) is 58.4 Å². The van der Waals surface area contributed by atoms with Gasteiger partial charge in [-0.1, -0.05) is 12.1 Å². The Morgan fingerprint density at radius 2 is 1.92 bits per heavy atom. The highest BCUT2D eigenvalue weighted by molar-refractivity contribution is 5.97. The monoisotopic (exact) mass is 508 g/mol. The van der Waals surface area contributed by atoms with Gasteiger partial charge in [0, 0.05) is 35.3 Å². The molecule has 1 aliphatic heterocycles. The lowest BCUT2D eigenvalue weighted by molar-refractivity contribution is 0.237. The quantitative estimate of drug-likeness (QED) is 0.274. The molecule has 0 radical (unpaired) electrons. The number of H-pyrrole nitrogens is 3. The minimum atomic E-state index is -0.344. The molecular formula is C28H25FN8O. The van der Waals surface area contributed by atoms with Crippen LogP contribution in [0.4, 0.5) is 4.39 Å². The van der Waals surface area contributed by atoms with E-state index in [1.807, 2.05) is 30.3 Å². The third-order valence-electron chi connectivity index (χ3n) is 7.04. The number of imidazole rings is 1. The standard InChI is InChI=1S/C28H25FN8O/c29-19-10-17(11-20(12-19)38-9-8-37-6-1-2-7-37)21-4-3-5-23-26(21)34-28(33-23)27-22-13-24(18-14-31-32-15-18)30-16-25(22)35-36-27/h3-5,10-16H,1-2,6-9H2,(H,31,32)(H,33,34)(H,35,36). The Morgan fingerprint density at radius 3 is 2.79 bits per heavy atom. The van der Waals surface area contributed by atoms with Crippen molar-refractivity contribution >= 4 is 21.9 Å². The maximum Gasteiger partial charge on any atom is 0.159 e. The molecular weight excluding hydrogens is 483 g/mol. The van der Waals surface area contributed by atoms with Crippen molar-refractivity contribution in [2.24, 2.45) is 0 Å². The molecule has 6 aromatic rings. The summed E-state index contributed by atoms with van der Waals surface area (Å²) < 4.78 is 20.6. The van der Waals surface area contributed by atoms with E-state index in [4.69, 9.17) is 9.72 Å². The molecule has 3 N–H and O–H groups in total. The number of fused-ring (bicyclic) bond motifs is 2. The van der Waals surface area contributed by atoms with Crippen LogP contribution in [-0.4, -0.2) is 66.5 Å². The number of likely N-dealkylation sites (tertiary alicyclic amines) is 1. The molecule has 1 fully saturated rings. The van der Waals surface area contributed by atoms with Crippen LogP contribution >= 0.6 is 0 Å². The van der Waals surface area contributed by atoms with Crippen molar-refractivity contribution in [3.05, 3.63) is 66.9 Å². The molecule has 9 nitrogen and oxygen atoms in total. The number of nitrogens with zero attached hydrogens (tertiary/aromatic N) is 5. The molecule has 2 aromatic carbocycles. The largest absolute Gasteiger partial charge is 0.492 e. The van der Waals surface area contributed by atoms with E-state index >= 15 is 0 Å². The van der Waals surface area contributed by atoms with Crippen LogP contribution in [0.5, 0.6) is 5.75 Å². The van der Waals surface area contributed by atoms with Crippen LogP contribution < -0.4 is 4.74 Å². The van der Waals surface area contributed by atoms with Crippen LogP contribution in [0.25, 0.3) is 55.8 Å². The van der Waals surface area contributed by atoms with E-state index in [2.05, 4.69) is 35.3 Å². The van der Waals surface area contributed by atoms with Crippen molar-refractivity contribution in [1.82, 2.24) is 40.2 Å². The Balaban J connectivity index is 1.23. The second-order valence-electron chi connectivity index (χ2n) is 9.53. The highest BCUT2D eigenvalue weighted by Gasteiger charge is 2.17. The summed E-state index contributed by atoms with van der Waals surface area (Å²) in [7, 11) is 0. The third kappa shape index (κ3) is 4.18. The van der Waals surface area contributed by atoms with E-state index in [-0.39, 0.29) is 5.82 Å². The van der Waals surface area contributed by atoms with Gasteiger partial charge in [0.2, 0.25) is 0 Å². The van der Waals surface area contributed by atoms with Crippen LogP contribution in [-0.2, 0) is 0 Å². The average molecular weight is 509 g/mol. The number of pyridine rings is 1. The molecule has 1 saturated heterocycles. The molecule has 0 atom stereocenters. The van der Waals surface area contributed by atoms with Gasteiger partial charge in [-0.05, 0) is 55.8 Å². The molecule has 0 saturated carbocycles. The fraction of sp³-hybridized carbons (Fsp3) is 0.214. The lowest BCUT2D eigenvalue weighted by Gasteiger charge is -2.15. The molecule has 4 aromatic heterocycles. The van der Waals surface area contributed by atoms with Crippen molar-refractivity contribution in [3.63, 3.8) is 0 Å².